The van der Waals surface area contributed by atoms with Crippen molar-refractivity contribution < 1.29 is 18.3 Å². The molecule has 0 atom stereocenters. The third-order valence-corrected chi connectivity index (χ3v) is 7.27. The Morgan fingerprint density at radius 3 is 2.70 bits per heavy atom. The smallest absolute Gasteiger partial charge is 0.261 e. The highest BCUT2D eigenvalue weighted by atomic mass is 19.3. The Kier molecular flexibility index (Phi) is 5.60. The fourth-order valence-electron chi connectivity index (χ4n) is 5.43. The molecule has 0 radical (unpaired) electrons. The fraction of sp³-hybridized carbons (Fsp3) is 0.167. The summed E-state index contributed by atoms with van der Waals surface area (Å²) in [6.45, 7) is 0.509. The molecule has 200 valence electrons. The number of pyridine rings is 2. The Hall–Kier alpha value is -4.70. The molecule has 0 spiro atoms. The minimum atomic E-state index is -2.64. The van der Waals surface area contributed by atoms with Gasteiger partial charge < -0.3 is 10.1 Å². The second-order valence-electron chi connectivity index (χ2n) is 10.2. The summed E-state index contributed by atoms with van der Waals surface area (Å²) in [5.74, 6) is -3.30. The molecule has 7 nitrogen and oxygen atoms in total. The number of likely N-dealkylation sites (tertiary alicyclic amines) is 1. The van der Waals surface area contributed by atoms with E-state index in [-0.39, 0.29) is 18.7 Å². The number of hydrogen-bond donors (Lipinski definition) is 3. The van der Waals surface area contributed by atoms with E-state index in [1.165, 1.54) is 12.1 Å². The van der Waals surface area contributed by atoms with Crippen LogP contribution in [0.5, 0.6) is 5.75 Å². The number of phenols is 1. The van der Waals surface area contributed by atoms with Crippen molar-refractivity contribution >= 4 is 21.9 Å². The molecule has 40 heavy (non-hydrogen) atoms. The normalized spacial score (nSPS) is 15.4. The Labute approximate surface area is 226 Å². The van der Waals surface area contributed by atoms with E-state index in [4.69, 9.17) is 4.98 Å². The Morgan fingerprint density at radius 1 is 0.975 bits per heavy atom. The molecule has 10 heteroatoms. The van der Waals surface area contributed by atoms with Gasteiger partial charge in [-0.15, -0.1) is 0 Å². The zero-order chi connectivity index (χ0) is 27.4. The van der Waals surface area contributed by atoms with Crippen LogP contribution in [0.4, 0.5) is 13.2 Å². The molecule has 0 bridgehead atoms. The molecule has 2 aromatic carbocycles. The molecule has 0 amide bonds. The van der Waals surface area contributed by atoms with Crippen molar-refractivity contribution in [2.75, 3.05) is 13.1 Å². The van der Waals surface area contributed by atoms with Crippen LogP contribution in [-0.2, 0) is 6.54 Å². The Morgan fingerprint density at radius 2 is 1.88 bits per heavy atom. The first kappa shape index (κ1) is 24.3. The number of aromatic amines is 2. The Balaban J connectivity index is 1.25. The highest BCUT2D eigenvalue weighted by Gasteiger charge is 2.37. The molecular formula is C30H23F3N6O. The van der Waals surface area contributed by atoms with Crippen LogP contribution >= 0.6 is 0 Å². The van der Waals surface area contributed by atoms with Crippen LogP contribution < -0.4 is 0 Å². The van der Waals surface area contributed by atoms with Crippen LogP contribution in [-0.4, -0.2) is 54.2 Å². The molecule has 1 fully saturated rings. The lowest BCUT2D eigenvalue weighted by Crippen LogP contribution is -2.24. The largest absolute Gasteiger partial charge is 0.508 e. The van der Waals surface area contributed by atoms with Gasteiger partial charge in [0.05, 0.1) is 23.4 Å². The van der Waals surface area contributed by atoms with Gasteiger partial charge in [0, 0.05) is 54.4 Å². The maximum atomic E-state index is 14.0. The molecule has 3 N–H and O–H groups in total. The van der Waals surface area contributed by atoms with Gasteiger partial charge in [0.1, 0.15) is 22.8 Å². The zero-order valence-corrected chi connectivity index (χ0v) is 21.1. The van der Waals surface area contributed by atoms with E-state index < -0.39 is 11.7 Å². The van der Waals surface area contributed by atoms with Crippen molar-refractivity contribution in [2.24, 2.45) is 0 Å². The predicted molar refractivity (Wildman–Crippen MR) is 146 cm³/mol. The van der Waals surface area contributed by atoms with Crippen molar-refractivity contribution in [3.63, 3.8) is 0 Å². The quantitative estimate of drug-likeness (QED) is 0.232. The lowest BCUT2D eigenvalue weighted by molar-refractivity contribution is 0.0115. The van der Waals surface area contributed by atoms with Gasteiger partial charge in [-0.3, -0.25) is 15.0 Å². The third kappa shape index (κ3) is 4.46. The number of aromatic hydroxyl groups is 1. The van der Waals surface area contributed by atoms with Crippen LogP contribution in [0, 0.1) is 5.82 Å². The predicted octanol–water partition coefficient (Wildman–Crippen LogP) is 6.52. The minimum absolute atomic E-state index is 0.123. The van der Waals surface area contributed by atoms with E-state index >= 15 is 0 Å². The molecule has 1 saturated heterocycles. The number of rotatable bonds is 5. The van der Waals surface area contributed by atoms with Crippen LogP contribution in [0.15, 0.2) is 73.1 Å². The molecule has 0 unspecified atom stereocenters. The molecule has 1 aliphatic heterocycles. The highest BCUT2D eigenvalue weighted by molar-refractivity contribution is 6.00. The van der Waals surface area contributed by atoms with E-state index in [1.807, 2.05) is 42.5 Å². The summed E-state index contributed by atoms with van der Waals surface area (Å²) < 4.78 is 41.3. The van der Waals surface area contributed by atoms with E-state index in [9.17, 15) is 18.3 Å². The second-order valence-corrected chi connectivity index (χ2v) is 10.2. The number of nitrogens with zero attached hydrogens (tertiary/aromatic N) is 4. The van der Waals surface area contributed by atoms with E-state index in [2.05, 4.69) is 20.2 Å². The maximum Gasteiger partial charge on any atom is 0.261 e. The molecule has 4 aromatic heterocycles. The van der Waals surface area contributed by atoms with Crippen LogP contribution in [0.2, 0.25) is 0 Å². The number of phenolic OH excluding ortho intramolecular Hbond substituents is 1. The van der Waals surface area contributed by atoms with Crippen molar-refractivity contribution in [2.45, 2.75) is 18.9 Å². The van der Waals surface area contributed by atoms with E-state index in [1.54, 1.807) is 17.3 Å². The first-order valence-electron chi connectivity index (χ1n) is 12.8. The monoisotopic (exact) mass is 540 g/mol. The van der Waals surface area contributed by atoms with Gasteiger partial charge in [-0.2, -0.15) is 5.10 Å². The Bertz CT molecular complexity index is 1880. The summed E-state index contributed by atoms with van der Waals surface area (Å²) >= 11 is 0. The summed E-state index contributed by atoms with van der Waals surface area (Å²) in [5, 5.41) is 18.3. The first-order valence-corrected chi connectivity index (χ1v) is 12.8. The summed E-state index contributed by atoms with van der Waals surface area (Å²) in [6.07, 6.45) is 3.28. The van der Waals surface area contributed by atoms with Gasteiger partial charge in [-0.1, -0.05) is 12.1 Å². The highest BCUT2D eigenvalue weighted by Crippen LogP contribution is 2.35. The van der Waals surface area contributed by atoms with Gasteiger partial charge in [0.2, 0.25) is 0 Å². The van der Waals surface area contributed by atoms with Gasteiger partial charge in [-0.25, -0.2) is 18.2 Å². The average Bonchev–Trinajstić information content (AvgIpc) is 3.63. The SMILES string of the molecule is Oc1cc(F)cc(-c2cccc3[nH]c(-c4n[nH]c5ccc(-c6cncc(CN7CCC(F)(F)C7)c6)nc45)cc23)c1. The molecule has 0 saturated carbocycles. The van der Waals surface area contributed by atoms with Crippen molar-refractivity contribution in [1.29, 1.82) is 0 Å². The summed E-state index contributed by atoms with van der Waals surface area (Å²) in [5.41, 5.74) is 7.20. The van der Waals surface area contributed by atoms with Gasteiger partial charge in [-0.05, 0) is 59.2 Å². The van der Waals surface area contributed by atoms with Crippen LogP contribution in [0.3, 0.4) is 0 Å². The number of benzene rings is 2. The average molecular weight is 541 g/mol. The standard InChI is InChI=1S/C30H23F3N6O/c31-20-9-18(10-21(40)11-20)22-2-1-3-25-23(22)12-27(35-25)29-28-26(37-38-29)5-4-24(36-28)19-8-17(13-34-14-19)15-39-7-6-30(32,33)16-39/h1-5,8-14,35,40H,6-7,15-16H2,(H,37,38). The number of fused-ring (bicyclic) bond motifs is 2. The number of nitrogens with one attached hydrogen (secondary N) is 2. The fourth-order valence-corrected chi connectivity index (χ4v) is 5.43. The van der Waals surface area contributed by atoms with Crippen molar-refractivity contribution in [1.82, 2.24) is 30.0 Å². The lowest BCUT2D eigenvalue weighted by Gasteiger charge is -2.15. The molecule has 6 aromatic rings. The molecular weight excluding hydrogens is 517 g/mol. The summed E-state index contributed by atoms with van der Waals surface area (Å²) in [6, 6.07) is 17.3. The summed E-state index contributed by atoms with van der Waals surface area (Å²) in [4.78, 5) is 14.3. The van der Waals surface area contributed by atoms with Gasteiger partial charge in [0.15, 0.2) is 0 Å². The van der Waals surface area contributed by atoms with Gasteiger partial charge >= 0.3 is 0 Å². The minimum Gasteiger partial charge on any atom is -0.508 e. The maximum absolute atomic E-state index is 14.0. The van der Waals surface area contributed by atoms with Crippen molar-refractivity contribution in [3.05, 3.63) is 84.4 Å². The van der Waals surface area contributed by atoms with Crippen LogP contribution in [0.25, 0.3) is 55.7 Å². The number of hydrogen-bond acceptors (Lipinski definition) is 5. The number of aromatic nitrogens is 5. The van der Waals surface area contributed by atoms with E-state index in [0.717, 1.165) is 44.9 Å². The topological polar surface area (TPSA) is 93.7 Å². The molecule has 5 heterocycles. The van der Waals surface area contributed by atoms with Crippen LogP contribution in [0.1, 0.15) is 12.0 Å². The molecule has 7 rings (SSSR count). The van der Waals surface area contributed by atoms with Gasteiger partial charge in [0.25, 0.3) is 5.92 Å². The number of H-pyrrole nitrogens is 2. The number of halogens is 3. The number of alkyl halides is 2. The zero-order valence-electron chi connectivity index (χ0n) is 21.1. The van der Waals surface area contributed by atoms with E-state index in [0.29, 0.717) is 35.6 Å². The molecule has 0 aliphatic carbocycles. The lowest BCUT2D eigenvalue weighted by atomic mass is 10.0. The summed E-state index contributed by atoms with van der Waals surface area (Å²) in [7, 11) is 0. The van der Waals surface area contributed by atoms with Crippen molar-refractivity contribution in [3.8, 4) is 39.5 Å². The first-order chi connectivity index (χ1) is 19.3. The molecule has 1 aliphatic rings. The third-order valence-electron chi connectivity index (χ3n) is 7.27. The second kappa shape index (κ2) is 9.20.